The summed E-state index contributed by atoms with van der Waals surface area (Å²) in [7, 11) is 0. The molecule has 3 nitrogen and oxygen atoms in total. The van der Waals surface area contributed by atoms with Gasteiger partial charge in [-0.25, -0.2) is 4.98 Å². The molecule has 0 amide bonds. The molecular weight excluding hydrogens is 206 g/mol. The Morgan fingerprint density at radius 2 is 2.60 bits per heavy atom. The molecule has 15 heavy (non-hydrogen) atoms. The van der Waals surface area contributed by atoms with Crippen molar-refractivity contribution in [2.24, 2.45) is 5.92 Å². The van der Waals surface area contributed by atoms with Crippen LogP contribution in [0, 0.1) is 17.2 Å². The molecule has 1 N–H and O–H groups in total. The van der Waals surface area contributed by atoms with Crippen molar-refractivity contribution in [2.75, 3.05) is 23.4 Å². The summed E-state index contributed by atoms with van der Waals surface area (Å²) in [4.78, 5) is 4.18. The van der Waals surface area contributed by atoms with E-state index in [-0.39, 0.29) is 0 Å². The number of thioether (sulfide) groups is 1. The summed E-state index contributed by atoms with van der Waals surface area (Å²) in [5.41, 5.74) is 0.660. The Labute approximate surface area is 93.9 Å². The standard InChI is InChI=1S/C11H13N3S/c12-6-9-1-3-13-11(5-9)14-7-10-2-4-15-8-10/h1,3,5,10H,2,4,7-8H2,(H,13,14). The Bertz CT molecular complexity index is 366. The monoisotopic (exact) mass is 219 g/mol. The molecule has 4 heteroatoms. The zero-order valence-corrected chi connectivity index (χ0v) is 9.26. The molecule has 0 radical (unpaired) electrons. The summed E-state index contributed by atoms with van der Waals surface area (Å²) < 4.78 is 0. The zero-order valence-electron chi connectivity index (χ0n) is 8.44. The molecule has 1 aliphatic rings. The summed E-state index contributed by atoms with van der Waals surface area (Å²) in [6, 6.07) is 5.62. The number of anilines is 1. The highest BCUT2D eigenvalue weighted by atomic mass is 32.2. The summed E-state index contributed by atoms with van der Waals surface area (Å²) in [6.45, 7) is 0.967. The number of hydrogen-bond acceptors (Lipinski definition) is 4. The van der Waals surface area contributed by atoms with Gasteiger partial charge in [-0.1, -0.05) is 0 Å². The highest BCUT2D eigenvalue weighted by Gasteiger charge is 2.14. The molecule has 1 aliphatic heterocycles. The lowest BCUT2D eigenvalue weighted by molar-refractivity contribution is 0.630. The van der Waals surface area contributed by atoms with Crippen LogP contribution in [0.5, 0.6) is 0 Å². The van der Waals surface area contributed by atoms with Gasteiger partial charge >= 0.3 is 0 Å². The highest BCUT2D eigenvalue weighted by molar-refractivity contribution is 7.99. The molecule has 1 fully saturated rings. The average molecular weight is 219 g/mol. The van der Waals surface area contributed by atoms with Crippen LogP contribution >= 0.6 is 11.8 Å². The second kappa shape index (κ2) is 5.04. The van der Waals surface area contributed by atoms with Gasteiger partial charge in [0.05, 0.1) is 11.6 Å². The molecule has 0 saturated carbocycles. The summed E-state index contributed by atoms with van der Waals surface area (Å²) in [5.74, 6) is 4.08. The van der Waals surface area contributed by atoms with E-state index in [0.717, 1.165) is 18.3 Å². The van der Waals surface area contributed by atoms with Crippen molar-refractivity contribution < 1.29 is 0 Å². The number of nitrogens with zero attached hydrogens (tertiary/aromatic N) is 2. The van der Waals surface area contributed by atoms with E-state index in [1.54, 1.807) is 18.3 Å². The number of nitrogens with one attached hydrogen (secondary N) is 1. The maximum absolute atomic E-state index is 8.73. The third-order valence-electron chi connectivity index (χ3n) is 2.48. The molecule has 2 rings (SSSR count). The third kappa shape index (κ3) is 2.87. The smallest absolute Gasteiger partial charge is 0.127 e. The van der Waals surface area contributed by atoms with Crippen LogP contribution in [0.2, 0.25) is 0 Å². The molecule has 1 atom stereocenters. The number of hydrogen-bond donors (Lipinski definition) is 1. The van der Waals surface area contributed by atoms with Gasteiger partial charge in [0.1, 0.15) is 5.82 Å². The lowest BCUT2D eigenvalue weighted by Crippen LogP contribution is -2.14. The van der Waals surface area contributed by atoms with Gasteiger partial charge in [0.15, 0.2) is 0 Å². The SMILES string of the molecule is N#Cc1ccnc(NCC2CCSC2)c1. The fourth-order valence-corrected chi connectivity index (χ4v) is 2.87. The predicted octanol–water partition coefficient (Wildman–Crippen LogP) is 2.12. The van der Waals surface area contributed by atoms with Gasteiger partial charge in [-0.15, -0.1) is 0 Å². The Balaban J connectivity index is 1.90. The van der Waals surface area contributed by atoms with Crippen molar-refractivity contribution in [3.63, 3.8) is 0 Å². The Morgan fingerprint density at radius 1 is 1.67 bits per heavy atom. The molecule has 2 heterocycles. The minimum Gasteiger partial charge on any atom is -0.370 e. The summed E-state index contributed by atoms with van der Waals surface area (Å²) in [5, 5.41) is 12.0. The number of aromatic nitrogens is 1. The molecule has 0 aromatic carbocycles. The first-order chi connectivity index (χ1) is 7.38. The first kappa shape index (κ1) is 10.3. The number of pyridine rings is 1. The van der Waals surface area contributed by atoms with Crippen molar-refractivity contribution in [3.8, 4) is 6.07 Å². The first-order valence-corrected chi connectivity index (χ1v) is 6.22. The normalized spacial score (nSPS) is 19.8. The van der Waals surface area contributed by atoms with Crippen LogP contribution in [0.4, 0.5) is 5.82 Å². The van der Waals surface area contributed by atoms with E-state index < -0.39 is 0 Å². The summed E-state index contributed by atoms with van der Waals surface area (Å²) in [6.07, 6.45) is 2.96. The van der Waals surface area contributed by atoms with Crippen LogP contribution < -0.4 is 5.32 Å². The molecule has 1 aromatic rings. The van der Waals surface area contributed by atoms with E-state index in [2.05, 4.69) is 16.4 Å². The summed E-state index contributed by atoms with van der Waals surface area (Å²) >= 11 is 2.01. The molecular formula is C11H13N3S. The molecule has 0 bridgehead atoms. The van der Waals surface area contributed by atoms with Crippen LogP contribution in [0.15, 0.2) is 18.3 Å². The molecule has 0 aliphatic carbocycles. The largest absolute Gasteiger partial charge is 0.370 e. The van der Waals surface area contributed by atoms with Gasteiger partial charge in [0.25, 0.3) is 0 Å². The van der Waals surface area contributed by atoms with Crippen LogP contribution in [0.3, 0.4) is 0 Å². The minimum absolute atomic E-state index is 0.660. The Hall–Kier alpha value is -1.21. The Morgan fingerprint density at radius 3 is 3.33 bits per heavy atom. The van der Waals surface area contributed by atoms with Gasteiger partial charge in [0, 0.05) is 12.7 Å². The molecule has 1 unspecified atom stereocenters. The van der Waals surface area contributed by atoms with Crippen LogP contribution in [0.25, 0.3) is 0 Å². The lowest BCUT2D eigenvalue weighted by Gasteiger charge is -2.10. The molecule has 78 valence electrons. The zero-order chi connectivity index (χ0) is 10.5. The van der Waals surface area contributed by atoms with E-state index >= 15 is 0 Å². The Kier molecular flexibility index (Phi) is 3.46. The maximum atomic E-state index is 8.73. The number of rotatable bonds is 3. The fraction of sp³-hybridized carbons (Fsp3) is 0.455. The van der Waals surface area contributed by atoms with Crippen LogP contribution in [-0.4, -0.2) is 23.0 Å². The van der Waals surface area contributed by atoms with Gasteiger partial charge in [-0.3, -0.25) is 0 Å². The van der Waals surface area contributed by atoms with Crippen molar-refractivity contribution in [3.05, 3.63) is 23.9 Å². The highest BCUT2D eigenvalue weighted by Crippen LogP contribution is 2.23. The molecule has 1 aromatic heterocycles. The van der Waals surface area contributed by atoms with E-state index in [1.807, 2.05) is 11.8 Å². The molecule has 0 spiro atoms. The van der Waals surface area contributed by atoms with Crippen LogP contribution in [0.1, 0.15) is 12.0 Å². The van der Waals surface area contributed by atoms with Crippen molar-refractivity contribution in [1.29, 1.82) is 5.26 Å². The average Bonchev–Trinajstić information content (AvgIpc) is 2.79. The van der Waals surface area contributed by atoms with E-state index in [1.165, 1.54) is 17.9 Å². The van der Waals surface area contributed by atoms with Gasteiger partial charge in [-0.2, -0.15) is 17.0 Å². The number of nitriles is 1. The predicted molar refractivity (Wildman–Crippen MR) is 62.9 cm³/mol. The van der Waals surface area contributed by atoms with Gasteiger partial charge < -0.3 is 5.32 Å². The second-order valence-corrected chi connectivity index (χ2v) is 4.80. The van der Waals surface area contributed by atoms with Crippen molar-refractivity contribution >= 4 is 17.6 Å². The molecule has 1 saturated heterocycles. The third-order valence-corrected chi connectivity index (χ3v) is 3.72. The topological polar surface area (TPSA) is 48.7 Å². The second-order valence-electron chi connectivity index (χ2n) is 3.65. The van der Waals surface area contributed by atoms with Crippen molar-refractivity contribution in [2.45, 2.75) is 6.42 Å². The minimum atomic E-state index is 0.660. The maximum Gasteiger partial charge on any atom is 0.127 e. The fourth-order valence-electron chi connectivity index (χ4n) is 1.59. The first-order valence-electron chi connectivity index (χ1n) is 5.06. The lowest BCUT2D eigenvalue weighted by atomic mass is 10.1. The quantitative estimate of drug-likeness (QED) is 0.846. The van der Waals surface area contributed by atoms with E-state index in [4.69, 9.17) is 5.26 Å². The van der Waals surface area contributed by atoms with E-state index in [9.17, 15) is 0 Å². The van der Waals surface area contributed by atoms with Gasteiger partial charge in [0.2, 0.25) is 0 Å². The van der Waals surface area contributed by atoms with Gasteiger partial charge in [-0.05, 0) is 36.0 Å². The van der Waals surface area contributed by atoms with E-state index in [0.29, 0.717) is 5.56 Å². The van der Waals surface area contributed by atoms with Crippen molar-refractivity contribution in [1.82, 2.24) is 4.98 Å². The van der Waals surface area contributed by atoms with Crippen LogP contribution in [-0.2, 0) is 0 Å².